The maximum atomic E-state index is 13.6. The molecule has 0 amide bonds. The molecule has 1 atom stereocenters. The number of carboxylic acids is 1. The zero-order valence-corrected chi connectivity index (χ0v) is 9.67. The van der Waals surface area contributed by atoms with E-state index in [9.17, 15) is 18.7 Å². The zero-order valence-electron chi connectivity index (χ0n) is 9.67. The molecule has 1 rings (SSSR count). The molecule has 1 aromatic carbocycles. The zero-order chi connectivity index (χ0) is 13.1. The minimum Gasteiger partial charge on any atom is -0.481 e. The molecule has 0 saturated carbocycles. The smallest absolute Gasteiger partial charge is 0.314 e. The summed E-state index contributed by atoms with van der Waals surface area (Å²) < 4.78 is 31.2. The standard InChI is InChI=1S/C12H14F2O3/c1-12(11(15)16,5-6-17-2)9-4-3-8(13)7-10(9)14/h3-4,7H,5-6H2,1-2H3,(H,15,16). The van der Waals surface area contributed by atoms with Crippen LogP contribution in [0.2, 0.25) is 0 Å². The molecular formula is C12H14F2O3. The summed E-state index contributed by atoms with van der Waals surface area (Å²) in [6, 6.07) is 2.89. The number of carboxylic acid groups (broad SMARTS) is 1. The van der Waals surface area contributed by atoms with Gasteiger partial charge in [0.15, 0.2) is 0 Å². The fraction of sp³-hybridized carbons (Fsp3) is 0.417. The molecule has 0 aliphatic rings. The first kappa shape index (κ1) is 13.6. The third kappa shape index (κ3) is 2.79. The summed E-state index contributed by atoms with van der Waals surface area (Å²) in [4.78, 5) is 11.2. The van der Waals surface area contributed by atoms with E-state index in [4.69, 9.17) is 4.74 Å². The van der Waals surface area contributed by atoms with Crippen molar-refractivity contribution >= 4 is 5.97 Å². The van der Waals surface area contributed by atoms with Crippen LogP contribution in [0.25, 0.3) is 0 Å². The van der Waals surface area contributed by atoms with Crippen LogP contribution in [-0.4, -0.2) is 24.8 Å². The van der Waals surface area contributed by atoms with Gasteiger partial charge in [0.25, 0.3) is 0 Å². The van der Waals surface area contributed by atoms with Crippen molar-refractivity contribution in [3.05, 3.63) is 35.4 Å². The highest BCUT2D eigenvalue weighted by molar-refractivity contribution is 5.80. The molecule has 94 valence electrons. The molecule has 5 heteroatoms. The Labute approximate surface area is 98.0 Å². The van der Waals surface area contributed by atoms with Crippen LogP contribution in [0, 0.1) is 11.6 Å². The van der Waals surface area contributed by atoms with Crippen molar-refractivity contribution in [2.24, 2.45) is 0 Å². The number of aliphatic carboxylic acids is 1. The molecule has 0 radical (unpaired) electrons. The van der Waals surface area contributed by atoms with E-state index >= 15 is 0 Å². The summed E-state index contributed by atoms with van der Waals surface area (Å²) in [7, 11) is 1.43. The predicted molar refractivity (Wildman–Crippen MR) is 57.8 cm³/mol. The van der Waals surface area contributed by atoms with Crippen LogP contribution in [0.5, 0.6) is 0 Å². The number of benzene rings is 1. The van der Waals surface area contributed by atoms with Crippen LogP contribution in [0.3, 0.4) is 0 Å². The quantitative estimate of drug-likeness (QED) is 0.864. The summed E-state index contributed by atoms with van der Waals surface area (Å²) in [5, 5.41) is 9.19. The largest absolute Gasteiger partial charge is 0.481 e. The lowest BCUT2D eigenvalue weighted by molar-refractivity contribution is -0.144. The van der Waals surface area contributed by atoms with E-state index in [1.165, 1.54) is 14.0 Å². The average Bonchev–Trinajstić information content (AvgIpc) is 2.25. The molecule has 3 nitrogen and oxygen atoms in total. The van der Waals surface area contributed by atoms with Gasteiger partial charge in [0.1, 0.15) is 11.6 Å². The van der Waals surface area contributed by atoms with Gasteiger partial charge in [-0.2, -0.15) is 0 Å². The van der Waals surface area contributed by atoms with Gasteiger partial charge in [0.05, 0.1) is 5.41 Å². The van der Waals surface area contributed by atoms with Crippen molar-refractivity contribution < 1.29 is 23.4 Å². The van der Waals surface area contributed by atoms with Crippen molar-refractivity contribution in [2.75, 3.05) is 13.7 Å². The first-order valence-corrected chi connectivity index (χ1v) is 5.09. The summed E-state index contributed by atoms with van der Waals surface area (Å²) in [5.74, 6) is -2.75. The summed E-state index contributed by atoms with van der Waals surface area (Å²) in [6.45, 7) is 1.57. The summed E-state index contributed by atoms with van der Waals surface area (Å²) >= 11 is 0. The number of ether oxygens (including phenoxy) is 1. The SMILES string of the molecule is COCCC(C)(C(=O)O)c1ccc(F)cc1F. The molecule has 1 N–H and O–H groups in total. The van der Waals surface area contributed by atoms with E-state index in [0.29, 0.717) is 6.07 Å². The molecule has 0 bridgehead atoms. The van der Waals surface area contributed by atoms with Gasteiger partial charge in [0, 0.05) is 25.3 Å². The van der Waals surface area contributed by atoms with Crippen molar-refractivity contribution in [1.82, 2.24) is 0 Å². The van der Waals surface area contributed by atoms with Gasteiger partial charge in [0.2, 0.25) is 0 Å². The Morgan fingerprint density at radius 2 is 2.12 bits per heavy atom. The van der Waals surface area contributed by atoms with Gasteiger partial charge in [-0.1, -0.05) is 6.07 Å². The monoisotopic (exact) mass is 244 g/mol. The average molecular weight is 244 g/mol. The van der Waals surface area contributed by atoms with E-state index in [-0.39, 0.29) is 18.6 Å². The fourth-order valence-electron chi connectivity index (χ4n) is 1.60. The second-order valence-electron chi connectivity index (χ2n) is 4.00. The molecule has 0 spiro atoms. The lowest BCUT2D eigenvalue weighted by atomic mass is 9.79. The second-order valence-corrected chi connectivity index (χ2v) is 4.00. The predicted octanol–water partition coefficient (Wildman–Crippen LogP) is 2.34. The molecule has 0 aliphatic heterocycles. The van der Waals surface area contributed by atoms with Gasteiger partial charge in [-0.15, -0.1) is 0 Å². The van der Waals surface area contributed by atoms with Crippen LogP contribution in [0.1, 0.15) is 18.9 Å². The van der Waals surface area contributed by atoms with Crippen LogP contribution >= 0.6 is 0 Å². The van der Waals surface area contributed by atoms with Gasteiger partial charge in [-0.25, -0.2) is 8.78 Å². The lowest BCUT2D eigenvalue weighted by Gasteiger charge is -2.25. The second kappa shape index (κ2) is 5.23. The normalized spacial score (nSPS) is 14.4. The third-order valence-electron chi connectivity index (χ3n) is 2.80. The minimum atomic E-state index is -1.42. The highest BCUT2D eigenvalue weighted by Gasteiger charge is 2.37. The van der Waals surface area contributed by atoms with E-state index in [1.807, 2.05) is 0 Å². The summed E-state index contributed by atoms with van der Waals surface area (Å²) in [5.41, 5.74) is -1.46. The molecule has 0 aromatic heterocycles. The van der Waals surface area contributed by atoms with Crippen LogP contribution in [0.4, 0.5) is 8.78 Å². The molecule has 1 aromatic rings. The molecule has 0 fully saturated rings. The lowest BCUT2D eigenvalue weighted by Crippen LogP contribution is -2.34. The Morgan fingerprint density at radius 1 is 1.47 bits per heavy atom. The number of hydrogen-bond donors (Lipinski definition) is 1. The number of carbonyl (C=O) groups is 1. The number of hydrogen-bond acceptors (Lipinski definition) is 2. The molecule has 1 unspecified atom stereocenters. The number of rotatable bonds is 5. The van der Waals surface area contributed by atoms with Crippen LogP contribution in [-0.2, 0) is 14.9 Å². The molecule has 0 aliphatic carbocycles. The maximum absolute atomic E-state index is 13.6. The van der Waals surface area contributed by atoms with Gasteiger partial charge in [-0.3, -0.25) is 4.79 Å². The molecule has 0 heterocycles. The molecular weight excluding hydrogens is 230 g/mol. The highest BCUT2D eigenvalue weighted by atomic mass is 19.1. The number of halogens is 2. The number of methoxy groups -OCH3 is 1. The van der Waals surface area contributed by atoms with Crippen molar-refractivity contribution in [1.29, 1.82) is 0 Å². The first-order chi connectivity index (χ1) is 7.91. The van der Waals surface area contributed by atoms with Crippen LogP contribution < -0.4 is 0 Å². The maximum Gasteiger partial charge on any atom is 0.314 e. The minimum absolute atomic E-state index is 0.0385. The topological polar surface area (TPSA) is 46.5 Å². The molecule has 0 saturated heterocycles. The summed E-state index contributed by atoms with van der Waals surface area (Å²) in [6.07, 6.45) is 0.112. The van der Waals surface area contributed by atoms with Gasteiger partial charge < -0.3 is 9.84 Å². The Balaban J connectivity index is 3.17. The fourth-order valence-corrected chi connectivity index (χ4v) is 1.60. The van der Waals surface area contributed by atoms with Gasteiger partial charge in [-0.05, 0) is 19.4 Å². The Morgan fingerprint density at radius 3 is 2.59 bits per heavy atom. The van der Waals surface area contributed by atoms with Crippen molar-refractivity contribution in [3.8, 4) is 0 Å². The van der Waals surface area contributed by atoms with Crippen molar-refractivity contribution in [2.45, 2.75) is 18.8 Å². The van der Waals surface area contributed by atoms with E-state index < -0.39 is 23.0 Å². The Hall–Kier alpha value is -1.49. The highest BCUT2D eigenvalue weighted by Crippen LogP contribution is 2.30. The van der Waals surface area contributed by atoms with E-state index in [0.717, 1.165) is 12.1 Å². The van der Waals surface area contributed by atoms with E-state index in [2.05, 4.69) is 0 Å². The Bertz CT molecular complexity index is 420. The Kier molecular flexibility index (Phi) is 4.17. The van der Waals surface area contributed by atoms with Gasteiger partial charge >= 0.3 is 5.97 Å². The molecule has 17 heavy (non-hydrogen) atoms. The van der Waals surface area contributed by atoms with Crippen molar-refractivity contribution in [3.63, 3.8) is 0 Å². The first-order valence-electron chi connectivity index (χ1n) is 5.09. The van der Waals surface area contributed by atoms with Crippen LogP contribution in [0.15, 0.2) is 18.2 Å². The third-order valence-corrected chi connectivity index (χ3v) is 2.80. The van der Waals surface area contributed by atoms with E-state index in [1.54, 1.807) is 0 Å².